The fraction of sp³-hybridized carbons (Fsp3) is 0.133. The van der Waals surface area contributed by atoms with Crippen LogP contribution in [0.4, 0.5) is 5.69 Å². The zero-order chi connectivity index (χ0) is 14.7. The van der Waals surface area contributed by atoms with E-state index in [4.69, 9.17) is 11.6 Å². The minimum atomic E-state index is 0.664. The summed E-state index contributed by atoms with van der Waals surface area (Å²) in [6.45, 7) is 2.53. The topological polar surface area (TPSA) is 55.6 Å². The Morgan fingerprint density at radius 3 is 2.76 bits per heavy atom. The van der Waals surface area contributed by atoms with E-state index in [1.54, 1.807) is 4.68 Å². The molecule has 0 unspecified atom stereocenters. The third kappa shape index (κ3) is 3.03. The normalized spacial score (nSPS) is 10.6. The van der Waals surface area contributed by atoms with Crippen LogP contribution >= 0.6 is 11.6 Å². The van der Waals surface area contributed by atoms with Gasteiger partial charge in [-0.2, -0.15) is 4.68 Å². The largest absolute Gasteiger partial charge is 0.381 e. The minimum absolute atomic E-state index is 0.664. The molecule has 6 heteroatoms. The fourth-order valence-electron chi connectivity index (χ4n) is 2.06. The summed E-state index contributed by atoms with van der Waals surface area (Å²) in [6.07, 6.45) is 0. The molecule has 1 heterocycles. The van der Waals surface area contributed by atoms with E-state index in [-0.39, 0.29) is 0 Å². The van der Waals surface area contributed by atoms with E-state index < -0.39 is 0 Å². The summed E-state index contributed by atoms with van der Waals surface area (Å²) >= 11 is 6.15. The molecule has 0 amide bonds. The van der Waals surface area contributed by atoms with Crippen molar-refractivity contribution in [2.45, 2.75) is 13.5 Å². The second-order valence-electron chi connectivity index (χ2n) is 4.63. The van der Waals surface area contributed by atoms with Gasteiger partial charge in [0.05, 0.1) is 5.69 Å². The predicted molar refractivity (Wildman–Crippen MR) is 82.7 cm³/mol. The summed E-state index contributed by atoms with van der Waals surface area (Å²) in [7, 11) is 0. The van der Waals surface area contributed by atoms with Gasteiger partial charge in [0.15, 0.2) is 5.82 Å². The molecule has 1 N–H and O–H groups in total. The molecule has 0 radical (unpaired) electrons. The number of aryl methyl sites for hydroxylation is 1. The first-order valence-corrected chi connectivity index (χ1v) is 6.94. The van der Waals surface area contributed by atoms with Gasteiger partial charge in [0.2, 0.25) is 0 Å². The number of halogens is 1. The van der Waals surface area contributed by atoms with E-state index in [9.17, 15) is 0 Å². The maximum Gasteiger partial charge on any atom is 0.153 e. The lowest BCUT2D eigenvalue weighted by atomic mass is 10.2. The molecule has 0 saturated carbocycles. The third-order valence-corrected chi connectivity index (χ3v) is 3.53. The summed E-state index contributed by atoms with van der Waals surface area (Å²) in [5.74, 6) is 0.748. The van der Waals surface area contributed by atoms with Crippen molar-refractivity contribution in [3.63, 3.8) is 0 Å². The highest BCUT2D eigenvalue weighted by molar-refractivity contribution is 6.31. The molecule has 0 aliphatic heterocycles. The van der Waals surface area contributed by atoms with Crippen LogP contribution in [0.25, 0.3) is 5.69 Å². The zero-order valence-corrected chi connectivity index (χ0v) is 12.2. The third-order valence-electron chi connectivity index (χ3n) is 3.16. The van der Waals surface area contributed by atoms with Crippen LogP contribution in [0.15, 0.2) is 48.5 Å². The monoisotopic (exact) mass is 299 g/mol. The van der Waals surface area contributed by atoms with Crippen molar-refractivity contribution in [1.82, 2.24) is 20.2 Å². The quantitative estimate of drug-likeness (QED) is 0.803. The van der Waals surface area contributed by atoms with Crippen molar-refractivity contribution in [1.29, 1.82) is 0 Å². The second-order valence-corrected chi connectivity index (χ2v) is 5.04. The highest BCUT2D eigenvalue weighted by Gasteiger charge is 2.04. The number of nitrogens with one attached hydrogen (secondary N) is 1. The van der Waals surface area contributed by atoms with Crippen LogP contribution in [0.1, 0.15) is 11.4 Å². The van der Waals surface area contributed by atoms with Crippen LogP contribution < -0.4 is 5.32 Å². The first kappa shape index (κ1) is 13.6. The zero-order valence-electron chi connectivity index (χ0n) is 11.5. The number of anilines is 1. The van der Waals surface area contributed by atoms with Crippen molar-refractivity contribution >= 4 is 17.3 Å². The van der Waals surface area contributed by atoms with Gasteiger partial charge in [-0.15, -0.1) is 5.10 Å². The van der Waals surface area contributed by atoms with Crippen LogP contribution in [-0.2, 0) is 6.54 Å². The van der Waals surface area contributed by atoms with Crippen molar-refractivity contribution < 1.29 is 0 Å². The molecule has 0 bridgehead atoms. The van der Waals surface area contributed by atoms with Gasteiger partial charge in [-0.3, -0.25) is 0 Å². The molecule has 21 heavy (non-hydrogen) atoms. The summed E-state index contributed by atoms with van der Waals surface area (Å²) in [5.41, 5.74) is 2.96. The van der Waals surface area contributed by atoms with Gasteiger partial charge >= 0.3 is 0 Å². The number of benzene rings is 2. The number of tetrazole rings is 1. The second kappa shape index (κ2) is 5.93. The molecule has 0 atom stereocenters. The van der Waals surface area contributed by atoms with E-state index in [2.05, 4.69) is 20.8 Å². The Kier molecular flexibility index (Phi) is 3.83. The average Bonchev–Trinajstić information content (AvgIpc) is 2.93. The lowest BCUT2D eigenvalue weighted by molar-refractivity contribution is 0.779. The van der Waals surface area contributed by atoms with Crippen LogP contribution in [0.2, 0.25) is 5.02 Å². The van der Waals surface area contributed by atoms with Crippen molar-refractivity contribution in [3.8, 4) is 5.69 Å². The fourth-order valence-corrected chi connectivity index (χ4v) is 2.26. The number of hydrogen-bond acceptors (Lipinski definition) is 4. The van der Waals surface area contributed by atoms with E-state index in [0.717, 1.165) is 27.8 Å². The van der Waals surface area contributed by atoms with E-state index in [0.29, 0.717) is 6.54 Å². The molecule has 0 aliphatic carbocycles. The Morgan fingerprint density at radius 2 is 2.00 bits per heavy atom. The maximum absolute atomic E-state index is 6.15. The van der Waals surface area contributed by atoms with Crippen LogP contribution in [0, 0.1) is 6.92 Å². The molecular weight excluding hydrogens is 286 g/mol. The highest BCUT2D eigenvalue weighted by atomic mass is 35.5. The summed E-state index contributed by atoms with van der Waals surface area (Å²) in [4.78, 5) is 0. The minimum Gasteiger partial charge on any atom is -0.381 e. The van der Waals surface area contributed by atoms with Gasteiger partial charge in [-0.25, -0.2) is 0 Å². The Labute approximate surface area is 127 Å². The molecule has 1 aromatic heterocycles. The molecular formula is C15H14ClN5. The lowest BCUT2D eigenvalue weighted by Gasteiger charge is -2.09. The van der Waals surface area contributed by atoms with E-state index >= 15 is 0 Å². The Balaban J connectivity index is 1.78. The maximum atomic E-state index is 6.15. The van der Waals surface area contributed by atoms with Gasteiger partial charge in [0.25, 0.3) is 0 Å². The first-order chi connectivity index (χ1) is 10.2. The molecule has 0 spiro atoms. The summed E-state index contributed by atoms with van der Waals surface area (Å²) < 4.78 is 1.70. The number of aromatic nitrogens is 4. The standard InChI is InChI=1S/C15H14ClN5/c1-11-18-19-20-21(11)14-7-4-6-13(9-14)17-10-12-5-2-3-8-15(12)16/h2-9,17H,10H2,1H3. The van der Waals surface area contributed by atoms with Gasteiger partial charge in [-0.1, -0.05) is 35.9 Å². The van der Waals surface area contributed by atoms with Crippen molar-refractivity contribution in [3.05, 3.63) is 64.9 Å². The van der Waals surface area contributed by atoms with E-state index in [1.165, 1.54) is 0 Å². The van der Waals surface area contributed by atoms with Gasteiger partial charge in [-0.05, 0) is 47.2 Å². The molecule has 3 rings (SSSR count). The van der Waals surface area contributed by atoms with Crippen LogP contribution in [0.3, 0.4) is 0 Å². The Bertz CT molecular complexity index is 753. The van der Waals surface area contributed by atoms with E-state index in [1.807, 2.05) is 55.5 Å². The van der Waals surface area contributed by atoms with Crippen molar-refractivity contribution in [2.24, 2.45) is 0 Å². The molecule has 3 aromatic rings. The SMILES string of the molecule is Cc1nnnn1-c1cccc(NCc2ccccc2Cl)c1. The lowest BCUT2D eigenvalue weighted by Crippen LogP contribution is -2.03. The summed E-state index contributed by atoms with van der Waals surface area (Å²) in [5, 5.41) is 15.6. The Hall–Kier alpha value is -2.40. The number of hydrogen-bond donors (Lipinski definition) is 1. The number of nitrogens with zero attached hydrogens (tertiary/aromatic N) is 4. The number of rotatable bonds is 4. The molecule has 2 aromatic carbocycles. The Morgan fingerprint density at radius 1 is 1.14 bits per heavy atom. The molecule has 106 valence electrons. The van der Waals surface area contributed by atoms with Crippen molar-refractivity contribution in [2.75, 3.05) is 5.32 Å². The first-order valence-electron chi connectivity index (χ1n) is 6.57. The predicted octanol–water partition coefficient (Wildman–Crippen LogP) is 3.24. The van der Waals surface area contributed by atoms with Gasteiger partial charge in [0, 0.05) is 17.3 Å². The summed E-state index contributed by atoms with van der Waals surface area (Å²) in [6, 6.07) is 15.7. The molecule has 5 nitrogen and oxygen atoms in total. The molecule has 0 aliphatic rings. The average molecular weight is 300 g/mol. The van der Waals surface area contributed by atoms with Gasteiger partial charge in [0.1, 0.15) is 0 Å². The van der Waals surface area contributed by atoms with Crippen LogP contribution in [0.5, 0.6) is 0 Å². The highest BCUT2D eigenvalue weighted by Crippen LogP contribution is 2.19. The smallest absolute Gasteiger partial charge is 0.153 e. The van der Waals surface area contributed by atoms with Crippen LogP contribution in [-0.4, -0.2) is 20.2 Å². The molecule has 0 saturated heterocycles. The van der Waals surface area contributed by atoms with Gasteiger partial charge < -0.3 is 5.32 Å². The molecule has 0 fully saturated rings.